The lowest BCUT2D eigenvalue weighted by Crippen LogP contribution is -2.53. The molecule has 2 saturated heterocycles. The Morgan fingerprint density at radius 2 is 1.91 bits per heavy atom. The summed E-state index contributed by atoms with van der Waals surface area (Å²) in [4.78, 5) is 7.38. The summed E-state index contributed by atoms with van der Waals surface area (Å²) in [6, 6.07) is 4.72. The second kappa shape index (κ2) is 13.8. The summed E-state index contributed by atoms with van der Waals surface area (Å²) in [6.07, 6.45) is 12.9. The highest BCUT2D eigenvalue weighted by molar-refractivity contribution is 14.0. The number of aliphatic imine (C=N–C) groups is 1. The standard InChI is InChI=1S/C24H40N4O3.HI/c29-23-9-2-1-8-22(23)28-14-11-19(12-15-28)27-24(25-13-10-20-7-5-17-30-20)26-18-21-6-3-4-16-31-21;/h5,7,17,19,21-23,29H,1-4,6,8-16,18H2,(H2,25,26,27);1H. The number of nitrogens with one attached hydrogen (secondary N) is 2. The van der Waals surface area contributed by atoms with E-state index in [0.717, 1.165) is 76.5 Å². The average molecular weight is 561 g/mol. The maximum Gasteiger partial charge on any atom is 0.191 e. The van der Waals surface area contributed by atoms with Gasteiger partial charge in [-0.15, -0.1) is 24.0 Å². The van der Waals surface area contributed by atoms with Crippen LogP contribution >= 0.6 is 24.0 Å². The summed E-state index contributed by atoms with van der Waals surface area (Å²) in [5.74, 6) is 1.87. The molecule has 182 valence electrons. The molecule has 3 aliphatic rings. The van der Waals surface area contributed by atoms with Crippen molar-refractivity contribution < 1.29 is 14.3 Å². The number of likely N-dealkylation sites (tertiary alicyclic amines) is 1. The zero-order valence-corrected chi connectivity index (χ0v) is 21.5. The van der Waals surface area contributed by atoms with E-state index < -0.39 is 0 Å². The lowest BCUT2D eigenvalue weighted by atomic mass is 9.89. The van der Waals surface area contributed by atoms with Crippen LogP contribution < -0.4 is 10.6 Å². The second-order valence-electron chi connectivity index (χ2n) is 9.31. The minimum Gasteiger partial charge on any atom is -0.469 e. The van der Waals surface area contributed by atoms with Crippen LogP contribution in [0, 0.1) is 0 Å². The number of nitrogens with zero attached hydrogens (tertiary/aromatic N) is 2. The Labute approximate surface area is 209 Å². The summed E-state index contributed by atoms with van der Waals surface area (Å²) in [5, 5.41) is 17.6. The summed E-state index contributed by atoms with van der Waals surface area (Å²) in [6.45, 7) is 4.46. The lowest BCUT2D eigenvalue weighted by molar-refractivity contribution is 0.00807. The van der Waals surface area contributed by atoms with E-state index in [4.69, 9.17) is 14.1 Å². The van der Waals surface area contributed by atoms with Crippen LogP contribution in [0.4, 0.5) is 0 Å². The fourth-order valence-corrected chi connectivity index (χ4v) is 5.14. The molecule has 0 spiro atoms. The first-order valence-corrected chi connectivity index (χ1v) is 12.4. The van der Waals surface area contributed by atoms with Crippen LogP contribution in [0.3, 0.4) is 0 Å². The highest BCUT2D eigenvalue weighted by atomic mass is 127. The van der Waals surface area contributed by atoms with Gasteiger partial charge in [-0.05, 0) is 57.1 Å². The van der Waals surface area contributed by atoms with Crippen LogP contribution in [0.5, 0.6) is 0 Å². The summed E-state index contributed by atoms with van der Waals surface area (Å²) in [5.41, 5.74) is 0. The van der Waals surface area contributed by atoms with E-state index in [1.54, 1.807) is 6.26 Å². The molecule has 1 saturated carbocycles. The number of ether oxygens (including phenoxy) is 1. The molecule has 1 aromatic rings. The third-order valence-electron chi connectivity index (χ3n) is 7.00. The zero-order valence-electron chi connectivity index (χ0n) is 19.2. The Morgan fingerprint density at radius 3 is 2.62 bits per heavy atom. The summed E-state index contributed by atoms with van der Waals surface area (Å²) in [7, 11) is 0. The van der Waals surface area contributed by atoms with E-state index in [1.165, 1.54) is 25.7 Å². The lowest BCUT2D eigenvalue weighted by Gasteiger charge is -2.41. The Morgan fingerprint density at radius 1 is 1.09 bits per heavy atom. The van der Waals surface area contributed by atoms with Crippen LogP contribution in [0.2, 0.25) is 0 Å². The van der Waals surface area contributed by atoms with Gasteiger partial charge in [-0.25, -0.2) is 0 Å². The smallest absolute Gasteiger partial charge is 0.191 e. The first-order valence-electron chi connectivity index (χ1n) is 12.4. The fraction of sp³-hybridized carbons (Fsp3) is 0.792. The van der Waals surface area contributed by atoms with Gasteiger partial charge in [0.2, 0.25) is 0 Å². The van der Waals surface area contributed by atoms with E-state index in [-0.39, 0.29) is 36.2 Å². The highest BCUT2D eigenvalue weighted by Gasteiger charge is 2.31. The number of halogens is 1. The molecule has 0 amide bonds. The number of hydrogen-bond acceptors (Lipinski definition) is 5. The third-order valence-corrected chi connectivity index (χ3v) is 7.00. The second-order valence-corrected chi connectivity index (χ2v) is 9.31. The van der Waals surface area contributed by atoms with Crippen LogP contribution in [0.1, 0.15) is 63.5 Å². The topological polar surface area (TPSA) is 82.3 Å². The maximum absolute atomic E-state index is 10.4. The normalized spacial score (nSPS) is 28.2. The molecule has 3 N–H and O–H groups in total. The van der Waals surface area contributed by atoms with Gasteiger partial charge < -0.3 is 24.9 Å². The van der Waals surface area contributed by atoms with Crippen molar-refractivity contribution in [3.63, 3.8) is 0 Å². The van der Waals surface area contributed by atoms with Crippen molar-refractivity contribution in [3.8, 4) is 0 Å². The Kier molecular flexibility index (Phi) is 11.1. The van der Waals surface area contributed by atoms with Gasteiger partial charge in [-0.1, -0.05) is 12.8 Å². The largest absolute Gasteiger partial charge is 0.469 e. The minimum atomic E-state index is -0.144. The summed E-state index contributed by atoms with van der Waals surface area (Å²) < 4.78 is 11.3. The molecule has 3 heterocycles. The van der Waals surface area contributed by atoms with Crippen molar-refractivity contribution in [3.05, 3.63) is 24.2 Å². The third kappa shape index (κ3) is 7.88. The van der Waals surface area contributed by atoms with Gasteiger partial charge in [0, 0.05) is 44.7 Å². The minimum absolute atomic E-state index is 0. The van der Waals surface area contributed by atoms with Gasteiger partial charge in [-0.3, -0.25) is 9.89 Å². The first kappa shape index (κ1) is 25.8. The molecule has 3 fully saturated rings. The molecular formula is C24H41IN4O3. The predicted octanol–water partition coefficient (Wildman–Crippen LogP) is 3.31. The molecule has 32 heavy (non-hydrogen) atoms. The molecule has 1 aliphatic carbocycles. The van der Waals surface area contributed by atoms with Crippen molar-refractivity contribution in [1.82, 2.24) is 15.5 Å². The van der Waals surface area contributed by atoms with Crippen LogP contribution in [0.25, 0.3) is 0 Å². The number of piperidine rings is 1. The maximum atomic E-state index is 10.4. The number of furan rings is 1. The van der Waals surface area contributed by atoms with E-state index in [9.17, 15) is 5.11 Å². The summed E-state index contributed by atoms with van der Waals surface area (Å²) >= 11 is 0. The van der Waals surface area contributed by atoms with Gasteiger partial charge in [0.15, 0.2) is 5.96 Å². The van der Waals surface area contributed by atoms with Gasteiger partial charge >= 0.3 is 0 Å². The molecule has 0 radical (unpaired) electrons. The molecule has 2 aliphatic heterocycles. The van der Waals surface area contributed by atoms with Gasteiger partial charge in [0.05, 0.1) is 25.0 Å². The fourth-order valence-electron chi connectivity index (χ4n) is 5.14. The predicted molar refractivity (Wildman–Crippen MR) is 138 cm³/mol. The van der Waals surface area contributed by atoms with E-state index in [2.05, 4.69) is 15.5 Å². The van der Waals surface area contributed by atoms with E-state index >= 15 is 0 Å². The molecule has 3 atom stereocenters. The highest BCUT2D eigenvalue weighted by Crippen LogP contribution is 2.26. The van der Waals surface area contributed by atoms with E-state index in [1.807, 2.05) is 12.1 Å². The van der Waals surface area contributed by atoms with Gasteiger partial charge in [0.25, 0.3) is 0 Å². The van der Waals surface area contributed by atoms with Crippen LogP contribution in [-0.4, -0.2) is 73.0 Å². The van der Waals surface area contributed by atoms with Gasteiger partial charge in [-0.2, -0.15) is 0 Å². The number of aliphatic hydroxyl groups excluding tert-OH is 1. The van der Waals surface area contributed by atoms with Crippen LogP contribution in [0.15, 0.2) is 27.8 Å². The Balaban J connectivity index is 0.00000289. The molecule has 1 aromatic heterocycles. The quantitative estimate of drug-likeness (QED) is 0.270. The number of rotatable bonds is 7. The van der Waals surface area contributed by atoms with Crippen molar-refractivity contribution in [1.29, 1.82) is 0 Å². The van der Waals surface area contributed by atoms with Crippen molar-refractivity contribution >= 4 is 29.9 Å². The Hall–Kier alpha value is -0.840. The van der Waals surface area contributed by atoms with E-state index in [0.29, 0.717) is 18.6 Å². The SMILES string of the molecule is I.OC1CCCCC1N1CCC(NC(=NCC2CCCCO2)NCCc2ccco2)CC1. The number of hydrogen-bond donors (Lipinski definition) is 3. The van der Waals surface area contributed by atoms with Crippen molar-refractivity contribution in [2.45, 2.75) is 88.5 Å². The molecule has 0 bridgehead atoms. The zero-order chi connectivity index (χ0) is 21.3. The number of guanidine groups is 1. The molecule has 0 aromatic carbocycles. The van der Waals surface area contributed by atoms with Crippen molar-refractivity contribution in [2.75, 3.05) is 32.8 Å². The first-order chi connectivity index (χ1) is 15.3. The average Bonchev–Trinajstić information content (AvgIpc) is 3.33. The Bertz CT molecular complexity index is 658. The van der Waals surface area contributed by atoms with Crippen LogP contribution in [-0.2, 0) is 11.2 Å². The number of aliphatic hydroxyl groups is 1. The van der Waals surface area contributed by atoms with Gasteiger partial charge in [0.1, 0.15) is 5.76 Å². The molecule has 8 heteroatoms. The molecule has 4 rings (SSSR count). The molecular weight excluding hydrogens is 519 g/mol. The molecule has 3 unspecified atom stereocenters. The molecule has 7 nitrogen and oxygen atoms in total. The monoisotopic (exact) mass is 560 g/mol. The van der Waals surface area contributed by atoms with Crippen molar-refractivity contribution in [2.24, 2.45) is 4.99 Å².